The third-order valence-electron chi connectivity index (χ3n) is 4.38. The van der Waals surface area contributed by atoms with Crippen molar-refractivity contribution in [2.75, 3.05) is 52.6 Å². The number of carbonyl (C=O) groups excluding carboxylic acids is 1. The summed E-state index contributed by atoms with van der Waals surface area (Å²) in [5.41, 5.74) is 0.449. The van der Waals surface area contributed by atoms with Gasteiger partial charge < -0.3 is 14.4 Å². The molecule has 0 aromatic heterocycles. The van der Waals surface area contributed by atoms with Gasteiger partial charge in [-0.25, -0.2) is 4.39 Å². The molecule has 1 atom stereocenters. The van der Waals surface area contributed by atoms with Crippen LogP contribution >= 0.6 is 0 Å². The Morgan fingerprint density at radius 2 is 1.70 bits per heavy atom. The maximum atomic E-state index is 14.3. The smallest absolute Gasteiger partial charge is 0.244 e. The van der Waals surface area contributed by atoms with E-state index < -0.39 is 6.04 Å². The minimum Gasteiger partial charge on any atom is -0.380 e. The van der Waals surface area contributed by atoms with E-state index in [2.05, 4.69) is 0 Å². The highest BCUT2D eigenvalue weighted by atomic mass is 19.1. The zero-order valence-corrected chi connectivity index (χ0v) is 13.2. The molecule has 2 aliphatic heterocycles. The first kappa shape index (κ1) is 16.4. The highest BCUT2D eigenvalue weighted by molar-refractivity contribution is 5.83. The number of halogens is 1. The number of hydrogen-bond acceptors (Lipinski definition) is 4. The monoisotopic (exact) mass is 322 g/mol. The predicted molar refractivity (Wildman–Crippen MR) is 83.5 cm³/mol. The van der Waals surface area contributed by atoms with Gasteiger partial charge in [-0.05, 0) is 12.5 Å². The van der Waals surface area contributed by atoms with Crippen LogP contribution in [0.3, 0.4) is 0 Å². The molecule has 23 heavy (non-hydrogen) atoms. The fourth-order valence-corrected chi connectivity index (χ4v) is 3.16. The number of carbonyl (C=O) groups is 1. The van der Waals surface area contributed by atoms with E-state index in [1.165, 1.54) is 6.07 Å². The molecule has 0 N–H and O–H groups in total. The van der Waals surface area contributed by atoms with E-state index in [0.717, 1.165) is 6.42 Å². The van der Waals surface area contributed by atoms with Gasteiger partial charge in [-0.15, -0.1) is 0 Å². The van der Waals surface area contributed by atoms with Crippen molar-refractivity contribution in [3.8, 4) is 0 Å². The van der Waals surface area contributed by atoms with Crippen LogP contribution in [0.5, 0.6) is 0 Å². The van der Waals surface area contributed by atoms with E-state index in [9.17, 15) is 9.18 Å². The molecule has 0 bridgehead atoms. The maximum Gasteiger partial charge on any atom is 0.244 e. The minimum atomic E-state index is -0.585. The summed E-state index contributed by atoms with van der Waals surface area (Å²) in [6.07, 6.45) is 0.818. The van der Waals surface area contributed by atoms with E-state index in [0.29, 0.717) is 58.2 Å². The van der Waals surface area contributed by atoms with Crippen molar-refractivity contribution in [1.29, 1.82) is 0 Å². The van der Waals surface area contributed by atoms with Crippen LogP contribution in [0, 0.1) is 5.82 Å². The summed E-state index contributed by atoms with van der Waals surface area (Å²) in [4.78, 5) is 17.0. The van der Waals surface area contributed by atoms with Gasteiger partial charge in [-0.1, -0.05) is 18.2 Å². The zero-order valence-electron chi connectivity index (χ0n) is 13.2. The molecule has 2 aliphatic rings. The summed E-state index contributed by atoms with van der Waals surface area (Å²) in [5.74, 6) is -0.370. The third kappa shape index (κ3) is 3.88. The molecular formula is C17H23FN2O3. The molecule has 3 rings (SSSR count). The zero-order chi connectivity index (χ0) is 16.1. The van der Waals surface area contributed by atoms with E-state index in [4.69, 9.17) is 9.47 Å². The first-order chi connectivity index (χ1) is 11.3. The first-order valence-electron chi connectivity index (χ1n) is 8.20. The van der Waals surface area contributed by atoms with Crippen LogP contribution in [-0.2, 0) is 14.3 Å². The number of nitrogens with zero attached hydrogens (tertiary/aromatic N) is 2. The lowest BCUT2D eigenvalue weighted by Crippen LogP contribution is -2.48. The molecule has 5 nitrogen and oxygen atoms in total. The Kier molecular flexibility index (Phi) is 5.59. The second-order valence-corrected chi connectivity index (χ2v) is 5.86. The second-order valence-electron chi connectivity index (χ2n) is 5.86. The number of benzene rings is 1. The van der Waals surface area contributed by atoms with Crippen LogP contribution in [0.15, 0.2) is 24.3 Å². The Morgan fingerprint density at radius 3 is 2.48 bits per heavy atom. The van der Waals surface area contributed by atoms with Crippen LogP contribution in [0.4, 0.5) is 4.39 Å². The molecule has 0 aliphatic carbocycles. The Hall–Kier alpha value is -1.50. The molecule has 1 amide bonds. The quantitative estimate of drug-likeness (QED) is 0.845. The number of amides is 1. The summed E-state index contributed by atoms with van der Waals surface area (Å²) in [6.45, 7) is 4.85. The molecule has 1 unspecified atom stereocenters. The highest BCUT2D eigenvalue weighted by Gasteiger charge is 2.34. The summed E-state index contributed by atoms with van der Waals surface area (Å²) in [5, 5.41) is 0. The maximum absolute atomic E-state index is 14.3. The molecule has 0 saturated carbocycles. The Bertz CT molecular complexity index is 526. The highest BCUT2D eigenvalue weighted by Crippen LogP contribution is 2.27. The average molecular weight is 322 g/mol. The van der Waals surface area contributed by atoms with Crippen LogP contribution in [0.1, 0.15) is 18.0 Å². The van der Waals surface area contributed by atoms with E-state index in [1.807, 2.05) is 4.90 Å². The van der Waals surface area contributed by atoms with Gasteiger partial charge in [-0.3, -0.25) is 9.69 Å². The third-order valence-corrected chi connectivity index (χ3v) is 4.38. The molecule has 1 aromatic rings. The molecule has 2 saturated heterocycles. The van der Waals surface area contributed by atoms with Gasteiger partial charge in [0.05, 0.1) is 19.8 Å². The first-order valence-corrected chi connectivity index (χ1v) is 8.20. The van der Waals surface area contributed by atoms with Gasteiger partial charge in [0.15, 0.2) is 0 Å². The number of rotatable bonds is 3. The van der Waals surface area contributed by atoms with Crippen molar-refractivity contribution in [2.24, 2.45) is 0 Å². The van der Waals surface area contributed by atoms with Crippen molar-refractivity contribution in [2.45, 2.75) is 12.5 Å². The Morgan fingerprint density at radius 1 is 1.00 bits per heavy atom. The van der Waals surface area contributed by atoms with Gasteiger partial charge in [0, 0.05) is 38.3 Å². The molecule has 0 spiro atoms. The van der Waals surface area contributed by atoms with Crippen molar-refractivity contribution >= 4 is 5.91 Å². The lowest BCUT2D eigenvalue weighted by molar-refractivity contribution is -0.139. The topological polar surface area (TPSA) is 42.0 Å². The summed E-state index contributed by atoms with van der Waals surface area (Å²) in [7, 11) is 0. The van der Waals surface area contributed by atoms with Crippen molar-refractivity contribution < 1.29 is 18.7 Å². The van der Waals surface area contributed by atoms with Crippen LogP contribution in [0.2, 0.25) is 0 Å². The van der Waals surface area contributed by atoms with Crippen LogP contribution in [-0.4, -0.2) is 68.3 Å². The molecule has 2 fully saturated rings. The molecular weight excluding hydrogens is 299 g/mol. The average Bonchev–Trinajstić information content (AvgIpc) is 2.87. The van der Waals surface area contributed by atoms with E-state index >= 15 is 0 Å². The molecule has 6 heteroatoms. The van der Waals surface area contributed by atoms with E-state index in [-0.39, 0.29) is 11.7 Å². The van der Waals surface area contributed by atoms with Crippen molar-refractivity contribution in [1.82, 2.24) is 9.80 Å². The molecule has 0 radical (unpaired) electrons. The van der Waals surface area contributed by atoms with Gasteiger partial charge in [0.1, 0.15) is 11.9 Å². The normalized spacial score (nSPS) is 21.7. The van der Waals surface area contributed by atoms with Crippen LogP contribution < -0.4 is 0 Å². The van der Waals surface area contributed by atoms with Gasteiger partial charge in [-0.2, -0.15) is 0 Å². The summed E-state index contributed by atoms with van der Waals surface area (Å²) < 4.78 is 25.2. The van der Waals surface area contributed by atoms with Gasteiger partial charge in [0.25, 0.3) is 0 Å². The Balaban J connectivity index is 1.87. The predicted octanol–water partition coefficient (Wildman–Crippen LogP) is 1.45. The number of ether oxygens (including phenoxy) is 2. The van der Waals surface area contributed by atoms with Crippen molar-refractivity contribution in [3.05, 3.63) is 35.6 Å². The summed E-state index contributed by atoms with van der Waals surface area (Å²) >= 11 is 0. The van der Waals surface area contributed by atoms with Gasteiger partial charge in [0.2, 0.25) is 5.91 Å². The fraction of sp³-hybridized carbons (Fsp3) is 0.588. The van der Waals surface area contributed by atoms with Crippen molar-refractivity contribution in [3.63, 3.8) is 0 Å². The molecule has 2 heterocycles. The standard InChI is InChI=1S/C17H23FN2O3/c18-15-5-2-1-4-14(15)16(19-7-11-23-12-8-19)17(21)20-6-3-10-22-13-9-20/h1-2,4-5,16H,3,6-13H2. The number of morpholine rings is 1. The molecule has 126 valence electrons. The van der Waals surface area contributed by atoms with Gasteiger partial charge >= 0.3 is 0 Å². The lowest BCUT2D eigenvalue weighted by Gasteiger charge is -2.36. The minimum absolute atomic E-state index is 0.0394. The summed E-state index contributed by atoms with van der Waals surface area (Å²) in [6, 6.07) is 5.98. The fourth-order valence-electron chi connectivity index (χ4n) is 3.16. The molecule has 1 aromatic carbocycles. The SMILES string of the molecule is O=C(C(c1ccccc1F)N1CCOCC1)N1CCCOCC1. The van der Waals surface area contributed by atoms with Crippen LogP contribution in [0.25, 0.3) is 0 Å². The lowest BCUT2D eigenvalue weighted by atomic mass is 10.0. The second kappa shape index (κ2) is 7.86. The largest absolute Gasteiger partial charge is 0.380 e. The van der Waals surface area contributed by atoms with E-state index in [1.54, 1.807) is 23.1 Å². The number of hydrogen-bond donors (Lipinski definition) is 0. The Labute approximate surface area is 136 Å².